The van der Waals surface area contributed by atoms with Crippen LogP contribution in [0.15, 0.2) is 18.2 Å². The lowest BCUT2D eigenvalue weighted by Crippen LogP contribution is -2.43. The Balaban J connectivity index is 2.34. The zero-order valence-electron chi connectivity index (χ0n) is 10.4. The van der Waals surface area contributed by atoms with Crippen molar-refractivity contribution in [3.63, 3.8) is 0 Å². The number of nitrogens with two attached hydrogens (primary N) is 1. The van der Waals surface area contributed by atoms with Gasteiger partial charge in [-0.15, -0.1) is 0 Å². The van der Waals surface area contributed by atoms with Crippen molar-refractivity contribution in [1.29, 1.82) is 0 Å². The first-order valence-corrected chi connectivity index (χ1v) is 6.11. The van der Waals surface area contributed by atoms with Gasteiger partial charge >= 0.3 is 5.97 Å². The molecule has 1 fully saturated rings. The molecule has 1 aliphatic heterocycles. The molecule has 98 valence electrons. The van der Waals surface area contributed by atoms with Gasteiger partial charge in [-0.05, 0) is 18.6 Å². The van der Waals surface area contributed by atoms with Crippen molar-refractivity contribution in [2.24, 2.45) is 0 Å². The van der Waals surface area contributed by atoms with Crippen LogP contribution in [0.2, 0.25) is 0 Å². The lowest BCUT2D eigenvalue weighted by molar-refractivity contribution is 0.0382. The molecule has 5 heteroatoms. The third kappa shape index (κ3) is 2.41. The smallest absolute Gasteiger partial charge is 0.337 e. The Morgan fingerprint density at radius 2 is 2.39 bits per heavy atom. The van der Waals surface area contributed by atoms with Crippen molar-refractivity contribution >= 4 is 17.3 Å². The van der Waals surface area contributed by atoms with Crippen LogP contribution in [0.25, 0.3) is 0 Å². The van der Waals surface area contributed by atoms with Gasteiger partial charge in [0, 0.05) is 13.1 Å². The maximum Gasteiger partial charge on any atom is 0.337 e. The number of hydrogen-bond donors (Lipinski definition) is 2. The average Bonchev–Trinajstić information content (AvgIpc) is 2.38. The van der Waals surface area contributed by atoms with Gasteiger partial charge in [0.2, 0.25) is 0 Å². The van der Waals surface area contributed by atoms with Crippen LogP contribution in [0.1, 0.15) is 23.7 Å². The second-order valence-electron chi connectivity index (χ2n) is 4.40. The van der Waals surface area contributed by atoms with Crippen molar-refractivity contribution in [1.82, 2.24) is 0 Å². The molecule has 1 aromatic rings. The summed E-state index contributed by atoms with van der Waals surface area (Å²) < 4.78 is 5.59. The minimum Gasteiger partial charge on any atom is -0.478 e. The maximum absolute atomic E-state index is 11.3. The zero-order chi connectivity index (χ0) is 13.1. The van der Waals surface area contributed by atoms with Gasteiger partial charge in [0.15, 0.2) is 0 Å². The highest BCUT2D eigenvalue weighted by molar-refractivity contribution is 5.98. The van der Waals surface area contributed by atoms with Crippen molar-refractivity contribution < 1.29 is 14.6 Å². The Morgan fingerprint density at radius 3 is 3.06 bits per heavy atom. The van der Waals surface area contributed by atoms with Crippen molar-refractivity contribution in [2.75, 3.05) is 30.3 Å². The highest BCUT2D eigenvalue weighted by atomic mass is 16.5. The summed E-state index contributed by atoms with van der Waals surface area (Å²) in [4.78, 5) is 13.3. The fourth-order valence-electron chi connectivity index (χ4n) is 2.26. The molecule has 1 saturated heterocycles. The predicted octanol–water partition coefficient (Wildman–Crippen LogP) is 1.58. The first kappa shape index (κ1) is 12.7. The molecule has 18 heavy (non-hydrogen) atoms. The molecule has 1 aliphatic rings. The summed E-state index contributed by atoms with van der Waals surface area (Å²) in [5.74, 6) is -0.947. The van der Waals surface area contributed by atoms with Gasteiger partial charge in [-0.1, -0.05) is 13.0 Å². The van der Waals surface area contributed by atoms with E-state index in [1.54, 1.807) is 18.2 Å². The van der Waals surface area contributed by atoms with E-state index in [1.165, 1.54) is 0 Å². The van der Waals surface area contributed by atoms with Gasteiger partial charge in [-0.25, -0.2) is 4.79 Å². The van der Waals surface area contributed by atoms with E-state index in [9.17, 15) is 9.90 Å². The van der Waals surface area contributed by atoms with Crippen LogP contribution in [0.3, 0.4) is 0 Å². The van der Waals surface area contributed by atoms with E-state index in [0.717, 1.165) is 6.42 Å². The monoisotopic (exact) mass is 250 g/mol. The SMILES string of the molecule is CCC1CN(c2c(N)cccc2C(=O)O)CCO1. The second kappa shape index (κ2) is 5.27. The van der Waals surface area contributed by atoms with Crippen LogP contribution < -0.4 is 10.6 Å². The van der Waals surface area contributed by atoms with E-state index in [4.69, 9.17) is 10.5 Å². The third-order valence-corrected chi connectivity index (χ3v) is 3.21. The Bertz CT molecular complexity index is 448. The second-order valence-corrected chi connectivity index (χ2v) is 4.40. The molecule has 0 saturated carbocycles. The number of nitrogens with zero attached hydrogens (tertiary/aromatic N) is 1. The molecule has 0 bridgehead atoms. The molecule has 0 radical (unpaired) electrons. The van der Waals surface area contributed by atoms with E-state index in [2.05, 4.69) is 6.92 Å². The minimum atomic E-state index is -0.947. The topological polar surface area (TPSA) is 75.8 Å². The quantitative estimate of drug-likeness (QED) is 0.797. The molecule has 0 amide bonds. The van der Waals surface area contributed by atoms with Crippen molar-refractivity contribution in [3.05, 3.63) is 23.8 Å². The predicted molar refractivity (Wildman–Crippen MR) is 70.1 cm³/mol. The molecular weight excluding hydrogens is 232 g/mol. The number of rotatable bonds is 3. The lowest BCUT2D eigenvalue weighted by Gasteiger charge is -2.35. The van der Waals surface area contributed by atoms with Gasteiger partial charge in [-0.2, -0.15) is 0 Å². The summed E-state index contributed by atoms with van der Waals surface area (Å²) in [5.41, 5.74) is 7.31. The van der Waals surface area contributed by atoms with E-state index >= 15 is 0 Å². The molecule has 0 aliphatic carbocycles. The van der Waals surface area contributed by atoms with Crippen LogP contribution in [-0.2, 0) is 4.74 Å². The number of carboxylic acids is 1. The lowest BCUT2D eigenvalue weighted by atomic mass is 10.1. The molecule has 0 aromatic heterocycles. The van der Waals surface area contributed by atoms with E-state index in [1.807, 2.05) is 4.90 Å². The third-order valence-electron chi connectivity index (χ3n) is 3.21. The van der Waals surface area contributed by atoms with Gasteiger partial charge in [0.25, 0.3) is 0 Å². The van der Waals surface area contributed by atoms with E-state index in [0.29, 0.717) is 31.1 Å². The number of nitrogen functional groups attached to an aromatic ring is 1. The number of morpholine rings is 1. The molecule has 2 rings (SSSR count). The minimum absolute atomic E-state index is 0.139. The highest BCUT2D eigenvalue weighted by Crippen LogP contribution is 2.29. The summed E-state index contributed by atoms with van der Waals surface area (Å²) in [5, 5.41) is 9.23. The summed E-state index contributed by atoms with van der Waals surface area (Å²) in [7, 11) is 0. The Kier molecular flexibility index (Phi) is 3.72. The number of anilines is 2. The van der Waals surface area contributed by atoms with E-state index < -0.39 is 5.97 Å². The fourth-order valence-corrected chi connectivity index (χ4v) is 2.26. The maximum atomic E-state index is 11.3. The number of benzene rings is 1. The molecule has 1 aromatic carbocycles. The number of para-hydroxylation sites is 1. The summed E-state index contributed by atoms with van der Waals surface area (Å²) >= 11 is 0. The molecular formula is C13H18N2O3. The first-order chi connectivity index (χ1) is 8.63. The fraction of sp³-hybridized carbons (Fsp3) is 0.462. The number of carbonyl (C=O) groups is 1. The first-order valence-electron chi connectivity index (χ1n) is 6.11. The Labute approximate surface area is 106 Å². The molecule has 1 atom stereocenters. The average molecular weight is 250 g/mol. The molecule has 1 heterocycles. The largest absolute Gasteiger partial charge is 0.478 e. The Hall–Kier alpha value is -1.75. The van der Waals surface area contributed by atoms with Crippen LogP contribution in [0.4, 0.5) is 11.4 Å². The summed E-state index contributed by atoms with van der Waals surface area (Å²) in [6.45, 7) is 4.02. The highest BCUT2D eigenvalue weighted by Gasteiger charge is 2.24. The zero-order valence-corrected chi connectivity index (χ0v) is 10.4. The molecule has 0 spiro atoms. The van der Waals surface area contributed by atoms with Crippen molar-refractivity contribution in [2.45, 2.75) is 19.4 Å². The van der Waals surface area contributed by atoms with Gasteiger partial charge < -0.3 is 20.5 Å². The van der Waals surface area contributed by atoms with Crippen molar-refractivity contribution in [3.8, 4) is 0 Å². The van der Waals surface area contributed by atoms with Crippen LogP contribution in [-0.4, -0.2) is 36.9 Å². The van der Waals surface area contributed by atoms with Crippen LogP contribution in [0, 0.1) is 0 Å². The van der Waals surface area contributed by atoms with Crippen LogP contribution >= 0.6 is 0 Å². The number of hydrogen-bond acceptors (Lipinski definition) is 4. The summed E-state index contributed by atoms with van der Waals surface area (Å²) in [6, 6.07) is 4.99. The number of aromatic carboxylic acids is 1. The number of ether oxygens (including phenoxy) is 1. The summed E-state index contributed by atoms with van der Waals surface area (Å²) in [6.07, 6.45) is 1.05. The Morgan fingerprint density at radius 1 is 1.61 bits per heavy atom. The van der Waals surface area contributed by atoms with Gasteiger partial charge in [0.05, 0.1) is 29.6 Å². The van der Waals surface area contributed by atoms with Gasteiger partial charge in [0.1, 0.15) is 0 Å². The molecule has 1 unspecified atom stereocenters. The normalized spacial score (nSPS) is 19.8. The standard InChI is InChI=1S/C13H18N2O3/c1-2-9-8-15(6-7-18-9)12-10(13(16)17)4-3-5-11(12)14/h3-5,9H,2,6-8,14H2,1H3,(H,16,17). The molecule has 5 nitrogen and oxygen atoms in total. The van der Waals surface area contributed by atoms with Gasteiger partial charge in [-0.3, -0.25) is 0 Å². The molecule has 3 N–H and O–H groups in total. The van der Waals surface area contributed by atoms with E-state index in [-0.39, 0.29) is 11.7 Å². The van der Waals surface area contributed by atoms with Crippen LogP contribution in [0.5, 0.6) is 0 Å². The number of carboxylic acid groups (broad SMARTS) is 1.